The summed E-state index contributed by atoms with van der Waals surface area (Å²) in [5.41, 5.74) is 3.13. The fraction of sp³-hybridized carbons (Fsp3) is 0.360. The number of carbonyl (C=O) groups excluding carboxylic acids is 1. The summed E-state index contributed by atoms with van der Waals surface area (Å²) in [5, 5.41) is 5.65. The first kappa shape index (κ1) is 19.8. The Labute approximate surface area is 182 Å². The number of fused-ring (bicyclic) bond motifs is 1. The van der Waals surface area contributed by atoms with Crippen molar-refractivity contribution in [2.24, 2.45) is 0 Å². The van der Waals surface area contributed by atoms with E-state index in [0.717, 1.165) is 41.0 Å². The predicted octanol–water partition coefficient (Wildman–Crippen LogP) is 3.97. The van der Waals surface area contributed by atoms with Crippen LogP contribution in [0.25, 0.3) is 10.9 Å². The first-order valence-electron chi connectivity index (χ1n) is 11.1. The van der Waals surface area contributed by atoms with E-state index < -0.39 is 0 Å². The highest BCUT2D eigenvalue weighted by Crippen LogP contribution is 2.26. The third-order valence-electron chi connectivity index (χ3n) is 6.16. The van der Waals surface area contributed by atoms with E-state index in [9.17, 15) is 4.79 Å². The van der Waals surface area contributed by atoms with Crippen LogP contribution in [0.5, 0.6) is 0 Å². The number of carbonyl (C=O) groups is 1. The number of ether oxygens (including phenoxy) is 1. The maximum Gasteiger partial charge on any atom is 0.254 e. The molecule has 2 aliphatic heterocycles. The van der Waals surface area contributed by atoms with E-state index in [1.54, 1.807) is 6.08 Å². The van der Waals surface area contributed by atoms with Crippen molar-refractivity contribution in [3.8, 4) is 0 Å². The summed E-state index contributed by atoms with van der Waals surface area (Å²) < 4.78 is 7.94. The van der Waals surface area contributed by atoms with Gasteiger partial charge >= 0.3 is 0 Å². The highest BCUT2D eigenvalue weighted by molar-refractivity contribution is 6.03. The average molecular weight is 417 g/mol. The van der Waals surface area contributed by atoms with Crippen LogP contribution in [-0.4, -0.2) is 46.8 Å². The largest absolute Gasteiger partial charge is 0.493 e. The van der Waals surface area contributed by atoms with Crippen LogP contribution >= 0.6 is 0 Å². The van der Waals surface area contributed by atoms with Crippen LogP contribution in [0.3, 0.4) is 0 Å². The summed E-state index contributed by atoms with van der Waals surface area (Å²) in [6, 6.07) is 16.2. The van der Waals surface area contributed by atoms with Crippen LogP contribution in [0.15, 0.2) is 66.6 Å². The Morgan fingerprint density at radius 2 is 1.81 bits per heavy atom. The fourth-order valence-corrected chi connectivity index (χ4v) is 4.40. The Balaban J connectivity index is 1.24. The second kappa shape index (κ2) is 8.94. The molecule has 0 radical (unpaired) electrons. The maximum atomic E-state index is 12.8. The third-order valence-corrected chi connectivity index (χ3v) is 6.16. The SMILES string of the molecule is O=C1C=C(OCc2ccccc2)CCN1c1ccc2c(cnn2CCN2CCCC2)c1. The number of likely N-dealkylation sites (tertiary alicyclic amines) is 1. The lowest BCUT2D eigenvalue weighted by atomic mass is 10.1. The molecule has 0 aliphatic carbocycles. The highest BCUT2D eigenvalue weighted by atomic mass is 16.5. The molecule has 160 valence electrons. The van der Waals surface area contributed by atoms with Gasteiger partial charge in [0.25, 0.3) is 5.91 Å². The number of nitrogens with zero attached hydrogens (tertiary/aromatic N) is 4. The second-order valence-corrected chi connectivity index (χ2v) is 8.28. The van der Waals surface area contributed by atoms with Gasteiger partial charge in [0.2, 0.25) is 0 Å². The molecule has 0 unspecified atom stereocenters. The number of anilines is 1. The van der Waals surface area contributed by atoms with E-state index >= 15 is 0 Å². The molecular weight excluding hydrogens is 388 g/mol. The summed E-state index contributed by atoms with van der Waals surface area (Å²) in [7, 11) is 0. The zero-order chi connectivity index (χ0) is 21.0. The van der Waals surface area contributed by atoms with Gasteiger partial charge < -0.3 is 14.5 Å². The first-order chi connectivity index (χ1) is 15.3. The van der Waals surface area contributed by atoms with Gasteiger partial charge in [-0.15, -0.1) is 0 Å². The molecule has 2 aliphatic rings. The van der Waals surface area contributed by atoms with Crippen molar-refractivity contribution in [2.45, 2.75) is 32.4 Å². The lowest BCUT2D eigenvalue weighted by Gasteiger charge is -2.26. The second-order valence-electron chi connectivity index (χ2n) is 8.28. The molecule has 3 aromatic rings. The molecule has 1 amide bonds. The molecule has 0 spiro atoms. The van der Waals surface area contributed by atoms with E-state index in [1.165, 1.54) is 25.9 Å². The molecule has 6 nitrogen and oxygen atoms in total. The molecule has 2 aromatic carbocycles. The normalized spacial score (nSPS) is 17.4. The fourth-order valence-electron chi connectivity index (χ4n) is 4.40. The third kappa shape index (κ3) is 4.49. The Kier molecular flexibility index (Phi) is 5.71. The predicted molar refractivity (Wildman–Crippen MR) is 122 cm³/mol. The van der Waals surface area contributed by atoms with E-state index in [4.69, 9.17) is 4.74 Å². The number of amides is 1. The minimum absolute atomic E-state index is 0.0323. The molecule has 31 heavy (non-hydrogen) atoms. The summed E-state index contributed by atoms with van der Waals surface area (Å²) >= 11 is 0. The Hall–Kier alpha value is -3.12. The van der Waals surface area contributed by atoms with Crippen molar-refractivity contribution in [2.75, 3.05) is 31.1 Å². The van der Waals surface area contributed by atoms with E-state index in [1.807, 2.05) is 47.5 Å². The standard InChI is InChI=1S/C25H28N4O2/c30-25-17-23(31-19-20-6-2-1-3-7-20)10-13-28(25)22-8-9-24-21(16-22)18-26-29(24)15-14-27-11-4-5-12-27/h1-3,6-9,16-18H,4-5,10-15,19H2. The molecule has 6 heteroatoms. The first-order valence-corrected chi connectivity index (χ1v) is 11.1. The van der Waals surface area contributed by atoms with Crippen molar-refractivity contribution in [1.82, 2.24) is 14.7 Å². The van der Waals surface area contributed by atoms with Gasteiger partial charge in [-0.25, -0.2) is 0 Å². The molecule has 0 atom stereocenters. The van der Waals surface area contributed by atoms with Gasteiger partial charge in [-0.2, -0.15) is 5.10 Å². The van der Waals surface area contributed by atoms with Gasteiger partial charge in [0.15, 0.2) is 0 Å². The summed E-state index contributed by atoms with van der Waals surface area (Å²) in [4.78, 5) is 17.1. The Bertz CT molecular complexity index is 1080. The minimum Gasteiger partial charge on any atom is -0.493 e. The number of rotatable bonds is 7. The van der Waals surface area contributed by atoms with Gasteiger partial charge in [-0.3, -0.25) is 9.48 Å². The molecular formula is C25H28N4O2. The molecule has 0 N–H and O–H groups in total. The lowest BCUT2D eigenvalue weighted by molar-refractivity contribution is -0.114. The number of hydrogen-bond acceptors (Lipinski definition) is 4. The number of benzene rings is 2. The van der Waals surface area contributed by atoms with E-state index in [-0.39, 0.29) is 5.91 Å². The van der Waals surface area contributed by atoms with E-state index in [2.05, 4.69) is 26.8 Å². The number of hydrogen-bond donors (Lipinski definition) is 0. The van der Waals surface area contributed by atoms with Crippen molar-refractivity contribution in [3.05, 3.63) is 72.1 Å². The topological polar surface area (TPSA) is 50.6 Å². The van der Waals surface area contributed by atoms with Gasteiger partial charge in [0, 0.05) is 36.7 Å². The number of aromatic nitrogens is 2. The lowest BCUT2D eigenvalue weighted by Crippen LogP contribution is -2.34. The molecule has 0 bridgehead atoms. The molecule has 3 heterocycles. The average Bonchev–Trinajstić information content (AvgIpc) is 3.46. The Morgan fingerprint density at radius 1 is 0.968 bits per heavy atom. The van der Waals surface area contributed by atoms with Gasteiger partial charge in [0.05, 0.1) is 18.3 Å². The van der Waals surface area contributed by atoms with Crippen molar-refractivity contribution < 1.29 is 9.53 Å². The van der Waals surface area contributed by atoms with Crippen molar-refractivity contribution in [1.29, 1.82) is 0 Å². The van der Waals surface area contributed by atoms with Crippen LogP contribution in [0.2, 0.25) is 0 Å². The summed E-state index contributed by atoms with van der Waals surface area (Å²) in [6.07, 6.45) is 6.85. The van der Waals surface area contributed by atoms with Gasteiger partial charge in [0.1, 0.15) is 12.4 Å². The zero-order valence-electron chi connectivity index (χ0n) is 17.7. The maximum absolute atomic E-state index is 12.8. The molecule has 1 saturated heterocycles. The molecule has 0 saturated carbocycles. The molecule has 1 fully saturated rings. The Morgan fingerprint density at radius 3 is 2.61 bits per heavy atom. The summed E-state index contributed by atoms with van der Waals surface area (Å²) in [5.74, 6) is 0.719. The van der Waals surface area contributed by atoms with Crippen LogP contribution < -0.4 is 4.90 Å². The van der Waals surface area contributed by atoms with Crippen LogP contribution in [0.4, 0.5) is 5.69 Å². The smallest absolute Gasteiger partial charge is 0.254 e. The van der Waals surface area contributed by atoms with Crippen LogP contribution in [0.1, 0.15) is 24.8 Å². The zero-order valence-corrected chi connectivity index (χ0v) is 17.7. The van der Waals surface area contributed by atoms with E-state index in [0.29, 0.717) is 19.6 Å². The van der Waals surface area contributed by atoms with Gasteiger partial charge in [-0.05, 0) is 49.7 Å². The minimum atomic E-state index is -0.0323. The quantitative estimate of drug-likeness (QED) is 0.585. The van der Waals surface area contributed by atoms with Crippen molar-refractivity contribution in [3.63, 3.8) is 0 Å². The van der Waals surface area contributed by atoms with Gasteiger partial charge in [-0.1, -0.05) is 30.3 Å². The van der Waals surface area contributed by atoms with Crippen molar-refractivity contribution >= 4 is 22.5 Å². The summed E-state index contributed by atoms with van der Waals surface area (Å²) in [6.45, 7) is 5.45. The highest BCUT2D eigenvalue weighted by Gasteiger charge is 2.22. The van der Waals surface area contributed by atoms with Crippen LogP contribution in [0, 0.1) is 0 Å². The molecule has 1 aromatic heterocycles. The van der Waals surface area contributed by atoms with Crippen LogP contribution in [-0.2, 0) is 22.7 Å². The monoisotopic (exact) mass is 416 g/mol. The molecule has 5 rings (SSSR count).